The molecule has 0 aliphatic heterocycles. The molecule has 1 heterocycles. The van der Waals surface area contributed by atoms with E-state index in [0.717, 1.165) is 6.42 Å². The number of hydrogen-bond acceptors (Lipinski definition) is 2. The van der Waals surface area contributed by atoms with Crippen LogP contribution in [0, 0.1) is 18.3 Å². The Balaban J connectivity index is 2.52. The number of thiophene rings is 1. The molecule has 0 aliphatic rings. The SMILES string of the molecule is Cc1csc(CCC#N)c1. The van der Waals surface area contributed by atoms with Gasteiger partial charge in [-0.1, -0.05) is 0 Å². The summed E-state index contributed by atoms with van der Waals surface area (Å²) >= 11 is 1.74. The molecule has 0 N–H and O–H groups in total. The predicted octanol–water partition coefficient (Wildman–Crippen LogP) is 2.51. The minimum Gasteiger partial charge on any atom is -0.198 e. The lowest BCUT2D eigenvalue weighted by Gasteiger charge is -1.85. The molecule has 0 unspecified atom stereocenters. The van der Waals surface area contributed by atoms with Crippen LogP contribution in [0.25, 0.3) is 0 Å². The quantitative estimate of drug-likeness (QED) is 0.637. The molecule has 1 aromatic rings. The zero-order valence-corrected chi connectivity index (χ0v) is 6.74. The van der Waals surface area contributed by atoms with E-state index in [9.17, 15) is 0 Å². The summed E-state index contributed by atoms with van der Waals surface area (Å²) in [6.45, 7) is 2.08. The third-order valence-electron chi connectivity index (χ3n) is 1.27. The first-order valence-electron chi connectivity index (χ1n) is 3.24. The molecule has 2 heteroatoms. The smallest absolute Gasteiger partial charge is 0.0625 e. The minimum absolute atomic E-state index is 0.639. The average molecular weight is 151 g/mol. The van der Waals surface area contributed by atoms with Gasteiger partial charge in [-0.2, -0.15) is 5.26 Å². The van der Waals surface area contributed by atoms with E-state index in [1.54, 1.807) is 11.3 Å². The second-order valence-corrected chi connectivity index (χ2v) is 3.24. The molecule has 0 bridgehead atoms. The van der Waals surface area contributed by atoms with E-state index < -0.39 is 0 Å². The van der Waals surface area contributed by atoms with Crippen molar-refractivity contribution in [2.75, 3.05) is 0 Å². The Kier molecular flexibility index (Phi) is 2.47. The van der Waals surface area contributed by atoms with Crippen molar-refractivity contribution in [3.05, 3.63) is 21.9 Å². The first-order valence-corrected chi connectivity index (χ1v) is 4.12. The molecule has 0 fully saturated rings. The van der Waals surface area contributed by atoms with Gasteiger partial charge < -0.3 is 0 Å². The van der Waals surface area contributed by atoms with E-state index in [4.69, 9.17) is 5.26 Å². The lowest BCUT2D eigenvalue weighted by atomic mass is 10.2. The number of nitriles is 1. The largest absolute Gasteiger partial charge is 0.198 e. The van der Waals surface area contributed by atoms with Crippen molar-refractivity contribution in [2.45, 2.75) is 19.8 Å². The molecule has 0 spiro atoms. The van der Waals surface area contributed by atoms with Crippen LogP contribution in [-0.4, -0.2) is 0 Å². The summed E-state index contributed by atoms with van der Waals surface area (Å²) in [7, 11) is 0. The van der Waals surface area contributed by atoms with Gasteiger partial charge in [-0.3, -0.25) is 0 Å². The number of rotatable bonds is 2. The summed E-state index contributed by atoms with van der Waals surface area (Å²) in [5, 5.41) is 10.4. The van der Waals surface area contributed by atoms with Crippen LogP contribution in [0.15, 0.2) is 11.4 Å². The maximum absolute atomic E-state index is 8.29. The van der Waals surface area contributed by atoms with Crippen molar-refractivity contribution in [3.63, 3.8) is 0 Å². The molecular weight excluding hydrogens is 142 g/mol. The summed E-state index contributed by atoms with van der Waals surface area (Å²) in [5.41, 5.74) is 1.30. The highest BCUT2D eigenvalue weighted by Gasteiger charge is 1.94. The zero-order valence-electron chi connectivity index (χ0n) is 5.92. The number of aryl methyl sites for hydroxylation is 2. The number of nitrogens with zero attached hydrogens (tertiary/aromatic N) is 1. The Labute approximate surface area is 64.9 Å². The molecule has 1 aromatic heterocycles. The molecule has 0 amide bonds. The topological polar surface area (TPSA) is 23.8 Å². The first kappa shape index (κ1) is 7.30. The molecule has 52 valence electrons. The van der Waals surface area contributed by atoms with E-state index in [0.29, 0.717) is 6.42 Å². The summed E-state index contributed by atoms with van der Waals surface area (Å²) in [6, 6.07) is 4.27. The predicted molar refractivity (Wildman–Crippen MR) is 43.0 cm³/mol. The maximum Gasteiger partial charge on any atom is 0.0625 e. The Morgan fingerprint density at radius 3 is 3.00 bits per heavy atom. The van der Waals surface area contributed by atoms with Crippen molar-refractivity contribution in [1.82, 2.24) is 0 Å². The summed E-state index contributed by atoms with van der Waals surface area (Å²) < 4.78 is 0. The highest BCUT2D eigenvalue weighted by Crippen LogP contribution is 2.14. The van der Waals surface area contributed by atoms with Gasteiger partial charge in [0.2, 0.25) is 0 Å². The normalized spacial score (nSPS) is 9.20. The molecule has 1 nitrogen and oxygen atoms in total. The van der Waals surface area contributed by atoms with Gasteiger partial charge in [0, 0.05) is 11.3 Å². The van der Waals surface area contributed by atoms with Crippen LogP contribution in [0.1, 0.15) is 16.9 Å². The van der Waals surface area contributed by atoms with E-state index in [1.807, 2.05) is 0 Å². The van der Waals surface area contributed by atoms with Crippen molar-refractivity contribution >= 4 is 11.3 Å². The molecular formula is C8H9NS. The number of hydrogen-bond donors (Lipinski definition) is 0. The molecule has 10 heavy (non-hydrogen) atoms. The molecule has 0 saturated carbocycles. The standard InChI is InChI=1S/C8H9NS/c1-7-5-8(10-6-7)3-2-4-9/h5-6H,2-3H2,1H3. The van der Waals surface area contributed by atoms with Crippen molar-refractivity contribution in [2.24, 2.45) is 0 Å². The lowest BCUT2D eigenvalue weighted by Crippen LogP contribution is -1.74. The van der Waals surface area contributed by atoms with Crippen molar-refractivity contribution < 1.29 is 0 Å². The zero-order chi connectivity index (χ0) is 7.40. The second-order valence-electron chi connectivity index (χ2n) is 2.25. The summed E-state index contributed by atoms with van der Waals surface area (Å²) in [6.07, 6.45) is 1.55. The monoisotopic (exact) mass is 151 g/mol. The van der Waals surface area contributed by atoms with Gasteiger partial charge in [-0.05, 0) is 30.4 Å². The Bertz CT molecular complexity index is 244. The molecule has 0 atom stereocenters. The third-order valence-corrected chi connectivity index (χ3v) is 2.38. The van der Waals surface area contributed by atoms with Crippen LogP contribution in [-0.2, 0) is 6.42 Å². The fourth-order valence-corrected chi connectivity index (χ4v) is 1.68. The van der Waals surface area contributed by atoms with E-state index in [-0.39, 0.29) is 0 Å². The van der Waals surface area contributed by atoms with Crippen LogP contribution in [0.5, 0.6) is 0 Å². The third kappa shape index (κ3) is 1.85. The Morgan fingerprint density at radius 2 is 2.50 bits per heavy atom. The van der Waals surface area contributed by atoms with Crippen molar-refractivity contribution in [1.29, 1.82) is 5.26 Å². The Morgan fingerprint density at radius 1 is 1.70 bits per heavy atom. The van der Waals surface area contributed by atoms with E-state index >= 15 is 0 Å². The van der Waals surface area contributed by atoms with E-state index in [1.165, 1.54) is 10.4 Å². The van der Waals surface area contributed by atoms with Gasteiger partial charge in [-0.15, -0.1) is 11.3 Å². The van der Waals surface area contributed by atoms with Crippen LogP contribution < -0.4 is 0 Å². The molecule has 1 rings (SSSR count). The molecule has 0 aliphatic carbocycles. The molecule has 0 aromatic carbocycles. The van der Waals surface area contributed by atoms with Gasteiger partial charge in [-0.25, -0.2) is 0 Å². The van der Waals surface area contributed by atoms with Gasteiger partial charge in [0.05, 0.1) is 6.07 Å². The maximum atomic E-state index is 8.29. The summed E-state index contributed by atoms with van der Waals surface area (Å²) in [4.78, 5) is 1.32. The fraction of sp³-hybridized carbons (Fsp3) is 0.375. The average Bonchev–Trinajstić information content (AvgIpc) is 2.31. The van der Waals surface area contributed by atoms with Gasteiger partial charge in [0.1, 0.15) is 0 Å². The van der Waals surface area contributed by atoms with Crippen molar-refractivity contribution in [3.8, 4) is 6.07 Å². The van der Waals surface area contributed by atoms with E-state index in [2.05, 4.69) is 24.4 Å². The van der Waals surface area contributed by atoms with Crippen LogP contribution >= 0.6 is 11.3 Å². The molecule has 0 radical (unpaired) electrons. The van der Waals surface area contributed by atoms with Gasteiger partial charge >= 0.3 is 0 Å². The lowest BCUT2D eigenvalue weighted by molar-refractivity contribution is 1.04. The second kappa shape index (κ2) is 3.38. The molecule has 0 saturated heterocycles. The minimum atomic E-state index is 0.639. The van der Waals surface area contributed by atoms with Crippen LogP contribution in [0.2, 0.25) is 0 Å². The van der Waals surface area contributed by atoms with Gasteiger partial charge in [0.15, 0.2) is 0 Å². The highest BCUT2D eigenvalue weighted by atomic mass is 32.1. The fourth-order valence-electron chi connectivity index (χ4n) is 0.801. The van der Waals surface area contributed by atoms with Crippen LogP contribution in [0.4, 0.5) is 0 Å². The Hall–Kier alpha value is -0.810. The first-order chi connectivity index (χ1) is 4.83. The van der Waals surface area contributed by atoms with Gasteiger partial charge in [0.25, 0.3) is 0 Å². The summed E-state index contributed by atoms with van der Waals surface area (Å²) in [5.74, 6) is 0. The van der Waals surface area contributed by atoms with Crippen LogP contribution in [0.3, 0.4) is 0 Å². The highest BCUT2D eigenvalue weighted by molar-refractivity contribution is 7.10.